The second-order valence-electron chi connectivity index (χ2n) is 4.19. The largest absolute Gasteiger partial charge is 0.478 e. The minimum Gasteiger partial charge on any atom is -0.478 e. The molecule has 2 aromatic rings. The van der Waals surface area contributed by atoms with Gasteiger partial charge in [-0.1, -0.05) is 31.2 Å². The first-order chi connectivity index (χ1) is 9.63. The summed E-state index contributed by atoms with van der Waals surface area (Å²) in [5, 5.41) is 9.14. The molecule has 0 spiro atoms. The van der Waals surface area contributed by atoms with E-state index in [0.29, 0.717) is 17.7 Å². The highest BCUT2D eigenvalue weighted by molar-refractivity contribution is 5.98. The summed E-state index contributed by atoms with van der Waals surface area (Å²) in [6.45, 7) is 1.81. The van der Waals surface area contributed by atoms with Gasteiger partial charge >= 0.3 is 11.9 Å². The molecule has 1 N–H and O–H groups in total. The van der Waals surface area contributed by atoms with E-state index in [2.05, 4.69) is 0 Å². The Labute approximate surface area is 116 Å². The van der Waals surface area contributed by atoms with Gasteiger partial charge in [-0.05, 0) is 36.2 Å². The lowest BCUT2D eigenvalue weighted by atomic mass is 9.99. The van der Waals surface area contributed by atoms with Gasteiger partial charge in [-0.15, -0.1) is 0 Å². The summed E-state index contributed by atoms with van der Waals surface area (Å²) >= 11 is 0. The first-order valence-electron chi connectivity index (χ1n) is 6.26. The van der Waals surface area contributed by atoms with Gasteiger partial charge in [0.2, 0.25) is 0 Å². The molecule has 0 bridgehead atoms. The van der Waals surface area contributed by atoms with Crippen LogP contribution in [-0.4, -0.2) is 17.0 Å². The predicted molar refractivity (Wildman–Crippen MR) is 74.2 cm³/mol. The molecule has 0 heterocycles. The summed E-state index contributed by atoms with van der Waals surface area (Å²) in [5.74, 6) is -1.16. The van der Waals surface area contributed by atoms with E-state index in [1.54, 1.807) is 43.3 Å². The number of aromatic carboxylic acids is 1. The van der Waals surface area contributed by atoms with Crippen LogP contribution in [0.3, 0.4) is 0 Å². The van der Waals surface area contributed by atoms with Gasteiger partial charge in [0.25, 0.3) is 0 Å². The van der Waals surface area contributed by atoms with Crippen LogP contribution in [0.5, 0.6) is 5.75 Å². The molecule has 4 nitrogen and oxygen atoms in total. The van der Waals surface area contributed by atoms with Crippen molar-refractivity contribution in [3.63, 3.8) is 0 Å². The summed E-state index contributed by atoms with van der Waals surface area (Å²) in [5.41, 5.74) is 0.909. The maximum absolute atomic E-state index is 12.2. The van der Waals surface area contributed by atoms with E-state index in [4.69, 9.17) is 9.84 Å². The SMILES string of the molecule is CCc1c(C(=O)O)cccc1C(=O)Oc1ccccc1. The molecule has 0 atom stereocenters. The van der Waals surface area contributed by atoms with Crippen LogP contribution in [0.15, 0.2) is 48.5 Å². The Kier molecular flexibility index (Phi) is 4.15. The number of carboxylic acids is 1. The molecule has 4 heteroatoms. The van der Waals surface area contributed by atoms with Crippen molar-refractivity contribution in [1.29, 1.82) is 0 Å². The van der Waals surface area contributed by atoms with Crippen LogP contribution in [-0.2, 0) is 6.42 Å². The number of rotatable bonds is 4. The summed E-state index contributed by atoms with van der Waals surface area (Å²) < 4.78 is 5.25. The van der Waals surface area contributed by atoms with Gasteiger partial charge in [0.1, 0.15) is 5.75 Å². The Morgan fingerprint density at radius 1 is 1.00 bits per heavy atom. The number of para-hydroxylation sites is 1. The molecule has 0 saturated carbocycles. The fourth-order valence-corrected chi connectivity index (χ4v) is 2.01. The fraction of sp³-hybridized carbons (Fsp3) is 0.125. The Morgan fingerprint density at radius 3 is 2.25 bits per heavy atom. The van der Waals surface area contributed by atoms with E-state index in [1.165, 1.54) is 6.07 Å². The van der Waals surface area contributed by atoms with Crippen molar-refractivity contribution < 1.29 is 19.4 Å². The van der Waals surface area contributed by atoms with Crippen LogP contribution < -0.4 is 4.74 Å². The molecule has 0 aliphatic carbocycles. The van der Waals surface area contributed by atoms with E-state index in [1.807, 2.05) is 6.07 Å². The average Bonchev–Trinajstić information content (AvgIpc) is 2.47. The maximum atomic E-state index is 12.2. The lowest BCUT2D eigenvalue weighted by Gasteiger charge is -2.10. The molecular weight excluding hydrogens is 256 g/mol. The topological polar surface area (TPSA) is 63.6 Å². The molecule has 0 radical (unpaired) electrons. The number of hydrogen-bond donors (Lipinski definition) is 1. The predicted octanol–water partition coefficient (Wildman–Crippen LogP) is 3.17. The van der Waals surface area contributed by atoms with Gasteiger partial charge in [0.05, 0.1) is 11.1 Å². The van der Waals surface area contributed by atoms with Crippen molar-refractivity contribution in [2.45, 2.75) is 13.3 Å². The lowest BCUT2D eigenvalue weighted by Crippen LogP contribution is -2.14. The van der Waals surface area contributed by atoms with Crippen molar-refractivity contribution in [1.82, 2.24) is 0 Å². The standard InChI is InChI=1S/C16H14O4/c1-2-12-13(15(17)18)9-6-10-14(12)16(19)20-11-7-4-3-5-8-11/h3-10H,2H2,1H3,(H,17,18). The highest BCUT2D eigenvalue weighted by Gasteiger charge is 2.18. The van der Waals surface area contributed by atoms with Gasteiger partial charge in [-0.25, -0.2) is 9.59 Å². The van der Waals surface area contributed by atoms with Crippen LogP contribution in [0, 0.1) is 0 Å². The molecule has 0 aliphatic rings. The molecule has 0 aliphatic heterocycles. The van der Waals surface area contributed by atoms with Gasteiger partial charge in [0.15, 0.2) is 0 Å². The van der Waals surface area contributed by atoms with E-state index < -0.39 is 11.9 Å². The van der Waals surface area contributed by atoms with Gasteiger partial charge < -0.3 is 9.84 Å². The second kappa shape index (κ2) is 6.02. The second-order valence-corrected chi connectivity index (χ2v) is 4.19. The third-order valence-corrected chi connectivity index (χ3v) is 2.93. The van der Waals surface area contributed by atoms with E-state index in [-0.39, 0.29) is 11.1 Å². The zero-order chi connectivity index (χ0) is 14.5. The number of carboxylic acid groups (broad SMARTS) is 1. The number of carbonyl (C=O) groups is 2. The van der Waals surface area contributed by atoms with Crippen molar-refractivity contribution in [2.75, 3.05) is 0 Å². The Bertz CT molecular complexity index is 632. The van der Waals surface area contributed by atoms with Crippen LogP contribution in [0.25, 0.3) is 0 Å². The number of carbonyl (C=O) groups excluding carboxylic acids is 1. The fourth-order valence-electron chi connectivity index (χ4n) is 2.01. The molecule has 0 saturated heterocycles. The maximum Gasteiger partial charge on any atom is 0.343 e. The smallest absolute Gasteiger partial charge is 0.343 e. The number of esters is 1. The third-order valence-electron chi connectivity index (χ3n) is 2.93. The normalized spacial score (nSPS) is 10.1. The van der Waals surface area contributed by atoms with Crippen molar-refractivity contribution in [3.8, 4) is 5.75 Å². The summed E-state index contributed by atoms with van der Waals surface area (Å²) in [4.78, 5) is 23.3. The number of hydrogen-bond acceptors (Lipinski definition) is 3. The van der Waals surface area contributed by atoms with Gasteiger partial charge in [-0.3, -0.25) is 0 Å². The average molecular weight is 270 g/mol. The Morgan fingerprint density at radius 2 is 1.65 bits per heavy atom. The monoisotopic (exact) mass is 270 g/mol. The molecular formula is C16H14O4. The molecule has 0 amide bonds. The molecule has 20 heavy (non-hydrogen) atoms. The minimum atomic E-state index is -1.05. The van der Waals surface area contributed by atoms with E-state index >= 15 is 0 Å². The van der Waals surface area contributed by atoms with Crippen LogP contribution in [0.1, 0.15) is 33.2 Å². The molecule has 0 unspecified atom stereocenters. The first kappa shape index (κ1) is 13.8. The Hall–Kier alpha value is -2.62. The summed E-state index contributed by atoms with van der Waals surface area (Å²) in [7, 11) is 0. The number of benzene rings is 2. The molecule has 0 aromatic heterocycles. The zero-order valence-corrected chi connectivity index (χ0v) is 11.0. The van der Waals surface area contributed by atoms with Crippen molar-refractivity contribution in [2.24, 2.45) is 0 Å². The van der Waals surface area contributed by atoms with E-state index in [0.717, 1.165) is 0 Å². The highest BCUT2D eigenvalue weighted by Crippen LogP contribution is 2.19. The molecule has 2 rings (SSSR count). The quantitative estimate of drug-likeness (QED) is 0.684. The van der Waals surface area contributed by atoms with Gasteiger partial charge in [-0.2, -0.15) is 0 Å². The lowest BCUT2D eigenvalue weighted by molar-refractivity contribution is 0.0695. The third kappa shape index (κ3) is 2.85. The van der Waals surface area contributed by atoms with E-state index in [9.17, 15) is 9.59 Å². The summed E-state index contributed by atoms with van der Waals surface area (Å²) in [6, 6.07) is 13.3. The van der Waals surface area contributed by atoms with Crippen molar-refractivity contribution >= 4 is 11.9 Å². The van der Waals surface area contributed by atoms with Crippen LogP contribution >= 0.6 is 0 Å². The Balaban J connectivity index is 2.35. The highest BCUT2D eigenvalue weighted by atomic mass is 16.5. The first-order valence-corrected chi connectivity index (χ1v) is 6.26. The molecule has 2 aromatic carbocycles. The molecule has 102 valence electrons. The van der Waals surface area contributed by atoms with Crippen LogP contribution in [0.4, 0.5) is 0 Å². The minimum absolute atomic E-state index is 0.134. The summed E-state index contributed by atoms with van der Waals surface area (Å²) in [6.07, 6.45) is 0.446. The van der Waals surface area contributed by atoms with Gasteiger partial charge in [0, 0.05) is 0 Å². The van der Waals surface area contributed by atoms with Crippen molar-refractivity contribution in [3.05, 3.63) is 65.2 Å². The van der Waals surface area contributed by atoms with Crippen LogP contribution in [0.2, 0.25) is 0 Å². The number of ether oxygens (including phenoxy) is 1. The molecule has 0 fully saturated rings. The zero-order valence-electron chi connectivity index (χ0n) is 11.0.